The lowest BCUT2D eigenvalue weighted by Crippen LogP contribution is -2.15. The van der Waals surface area contributed by atoms with Crippen molar-refractivity contribution >= 4 is 11.6 Å². The fourth-order valence-corrected chi connectivity index (χ4v) is 2.58. The molecule has 1 unspecified atom stereocenters. The summed E-state index contributed by atoms with van der Waals surface area (Å²) >= 11 is 6.06. The van der Waals surface area contributed by atoms with Crippen LogP contribution in [0.15, 0.2) is 6.07 Å². The maximum Gasteiger partial charge on any atom is 0.134 e. The lowest BCUT2D eigenvalue weighted by atomic mass is 9.94. The zero-order valence-corrected chi connectivity index (χ0v) is 9.86. The lowest BCUT2D eigenvalue weighted by molar-refractivity contribution is 0.473. The number of hydrogen-bond donors (Lipinski definition) is 2. The summed E-state index contributed by atoms with van der Waals surface area (Å²) in [7, 11) is 0. The normalized spacial score (nSPS) is 20.9. The van der Waals surface area contributed by atoms with Crippen molar-refractivity contribution in [2.45, 2.75) is 32.7 Å². The average molecular weight is 226 g/mol. The summed E-state index contributed by atoms with van der Waals surface area (Å²) in [6.45, 7) is 5.07. The van der Waals surface area contributed by atoms with Crippen LogP contribution < -0.4 is 5.32 Å². The minimum Gasteiger partial charge on any atom is -0.506 e. The second kappa shape index (κ2) is 4.03. The number of phenols is 1. The molecule has 2 rings (SSSR count). The Morgan fingerprint density at radius 1 is 1.47 bits per heavy atom. The van der Waals surface area contributed by atoms with Crippen LogP contribution in [0.3, 0.4) is 0 Å². The summed E-state index contributed by atoms with van der Waals surface area (Å²) in [6, 6.07) is 2.16. The molecule has 0 bridgehead atoms. The van der Waals surface area contributed by atoms with Crippen molar-refractivity contribution in [1.29, 1.82) is 0 Å². The summed E-state index contributed by atoms with van der Waals surface area (Å²) in [5.41, 5.74) is 3.39. The predicted molar refractivity (Wildman–Crippen MR) is 62.6 cm³/mol. The van der Waals surface area contributed by atoms with Gasteiger partial charge in [-0.2, -0.15) is 0 Å². The molecule has 1 atom stereocenters. The Morgan fingerprint density at radius 3 is 2.80 bits per heavy atom. The summed E-state index contributed by atoms with van der Waals surface area (Å²) in [4.78, 5) is 0. The van der Waals surface area contributed by atoms with E-state index in [2.05, 4.69) is 5.32 Å². The van der Waals surface area contributed by atoms with Crippen molar-refractivity contribution in [1.82, 2.24) is 5.32 Å². The maximum absolute atomic E-state index is 9.60. The van der Waals surface area contributed by atoms with Gasteiger partial charge in [0, 0.05) is 6.04 Å². The molecule has 0 spiro atoms. The van der Waals surface area contributed by atoms with Gasteiger partial charge in [0.2, 0.25) is 0 Å². The highest BCUT2D eigenvalue weighted by Gasteiger charge is 2.22. The zero-order valence-electron chi connectivity index (χ0n) is 9.10. The molecule has 1 saturated heterocycles. The molecule has 0 radical (unpaired) electrons. The summed E-state index contributed by atoms with van der Waals surface area (Å²) in [6.07, 6.45) is 2.37. The fourth-order valence-electron chi connectivity index (χ4n) is 2.42. The first-order valence-corrected chi connectivity index (χ1v) is 5.71. The molecule has 1 aliphatic heterocycles. The van der Waals surface area contributed by atoms with Crippen molar-refractivity contribution in [2.24, 2.45) is 0 Å². The number of hydrogen-bond acceptors (Lipinski definition) is 2. The number of halogens is 1. The number of rotatable bonds is 1. The standard InChI is InChI=1S/C12H16ClNO/c1-7-6-10(15)12(13)8(2)11(7)9-4-3-5-14-9/h6,9,14-15H,3-5H2,1-2H3. The molecule has 82 valence electrons. The van der Waals surface area contributed by atoms with Gasteiger partial charge in [0.25, 0.3) is 0 Å². The molecule has 1 fully saturated rings. The highest BCUT2D eigenvalue weighted by Crippen LogP contribution is 2.37. The Balaban J connectivity index is 2.50. The van der Waals surface area contributed by atoms with Crippen LogP contribution in [-0.4, -0.2) is 11.7 Å². The van der Waals surface area contributed by atoms with E-state index in [4.69, 9.17) is 11.6 Å². The van der Waals surface area contributed by atoms with Crippen LogP contribution >= 0.6 is 11.6 Å². The van der Waals surface area contributed by atoms with Gasteiger partial charge in [0.05, 0.1) is 5.02 Å². The predicted octanol–water partition coefficient (Wildman–Crippen LogP) is 3.09. The molecule has 0 aromatic heterocycles. The summed E-state index contributed by atoms with van der Waals surface area (Å²) in [5, 5.41) is 13.5. The van der Waals surface area contributed by atoms with Gasteiger partial charge in [0.15, 0.2) is 0 Å². The van der Waals surface area contributed by atoms with Crippen molar-refractivity contribution < 1.29 is 5.11 Å². The maximum atomic E-state index is 9.60. The van der Waals surface area contributed by atoms with E-state index in [0.29, 0.717) is 11.1 Å². The Bertz CT molecular complexity index is 384. The summed E-state index contributed by atoms with van der Waals surface area (Å²) < 4.78 is 0. The van der Waals surface area contributed by atoms with Gasteiger partial charge in [-0.25, -0.2) is 0 Å². The minimum absolute atomic E-state index is 0.188. The quantitative estimate of drug-likeness (QED) is 0.770. The van der Waals surface area contributed by atoms with Crippen LogP contribution in [0.4, 0.5) is 0 Å². The van der Waals surface area contributed by atoms with E-state index in [-0.39, 0.29) is 5.75 Å². The van der Waals surface area contributed by atoms with E-state index in [9.17, 15) is 5.11 Å². The van der Waals surface area contributed by atoms with Crippen LogP contribution in [-0.2, 0) is 0 Å². The topological polar surface area (TPSA) is 32.3 Å². The van der Waals surface area contributed by atoms with Crippen molar-refractivity contribution in [3.8, 4) is 5.75 Å². The molecule has 1 aliphatic rings. The number of phenolic OH excluding ortho intramolecular Hbond substituents is 1. The molecule has 1 heterocycles. The van der Waals surface area contributed by atoms with Crippen LogP contribution in [0.1, 0.15) is 35.6 Å². The molecular weight excluding hydrogens is 210 g/mol. The molecular formula is C12H16ClNO. The second-order valence-electron chi connectivity index (χ2n) is 4.21. The minimum atomic E-state index is 0.188. The third-order valence-corrected chi connectivity index (χ3v) is 3.62. The van der Waals surface area contributed by atoms with E-state index in [1.807, 2.05) is 13.8 Å². The molecule has 0 aliphatic carbocycles. The van der Waals surface area contributed by atoms with Crippen LogP contribution in [0, 0.1) is 13.8 Å². The zero-order chi connectivity index (χ0) is 11.0. The monoisotopic (exact) mass is 225 g/mol. The molecule has 0 saturated carbocycles. The highest BCUT2D eigenvalue weighted by molar-refractivity contribution is 6.32. The Kier molecular flexibility index (Phi) is 2.89. The van der Waals surface area contributed by atoms with E-state index < -0.39 is 0 Å². The van der Waals surface area contributed by atoms with Gasteiger partial charge in [-0.05, 0) is 56.0 Å². The third kappa shape index (κ3) is 1.84. The van der Waals surface area contributed by atoms with Gasteiger partial charge in [-0.3, -0.25) is 0 Å². The highest BCUT2D eigenvalue weighted by atomic mass is 35.5. The van der Waals surface area contributed by atoms with Gasteiger partial charge in [-0.15, -0.1) is 0 Å². The molecule has 1 aromatic carbocycles. The van der Waals surface area contributed by atoms with Crippen molar-refractivity contribution in [3.05, 3.63) is 27.8 Å². The number of aromatic hydroxyl groups is 1. The number of nitrogens with one attached hydrogen (secondary N) is 1. The second-order valence-corrected chi connectivity index (χ2v) is 4.59. The van der Waals surface area contributed by atoms with Crippen molar-refractivity contribution in [2.75, 3.05) is 6.54 Å². The van der Waals surface area contributed by atoms with Crippen LogP contribution in [0.25, 0.3) is 0 Å². The van der Waals surface area contributed by atoms with E-state index in [1.165, 1.54) is 12.0 Å². The smallest absolute Gasteiger partial charge is 0.134 e. The fraction of sp³-hybridized carbons (Fsp3) is 0.500. The average Bonchev–Trinajstić information content (AvgIpc) is 2.68. The first kappa shape index (κ1) is 10.8. The SMILES string of the molecule is Cc1cc(O)c(Cl)c(C)c1C1CCCN1. The first-order valence-electron chi connectivity index (χ1n) is 5.33. The Morgan fingerprint density at radius 2 is 2.20 bits per heavy atom. The first-order chi connectivity index (χ1) is 7.11. The van der Waals surface area contributed by atoms with Crippen molar-refractivity contribution in [3.63, 3.8) is 0 Å². The van der Waals surface area contributed by atoms with Gasteiger partial charge in [0.1, 0.15) is 5.75 Å². The molecule has 3 heteroatoms. The van der Waals surface area contributed by atoms with Crippen LogP contribution in [0.2, 0.25) is 5.02 Å². The summed E-state index contributed by atoms with van der Waals surface area (Å²) in [5.74, 6) is 0.188. The van der Waals surface area contributed by atoms with Gasteiger partial charge in [-0.1, -0.05) is 11.6 Å². The van der Waals surface area contributed by atoms with E-state index in [1.54, 1.807) is 6.07 Å². The molecule has 15 heavy (non-hydrogen) atoms. The number of aryl methyl sites for hydroxylation is 1. The van der Waals surface area contributed by atoms with E-state index in [0.717, 1.165) is 24.1 Å². The largest absolute Gasteiger partial charge is 0.506 e. The molecule has 0 amide bonds. The molecule has 2 nitrogen and oxygen atoms in total. The number of benzene rings is 1. The third-order valence-electron chi connectivity index (χ3n) is 3.14. The lowest BCUT2D eigenvalue weighted by Gasteiger charge is -2.18. The Hall–Kier alpha value is -0.730. The van der Waals surface area contributed by atoms with Gasteiger partial charge >= 0.3 is 0 Å². The molecule has 2 N–H and O–H groups in total. The van der Waals surface area contributed by atoms with E-state index >= 15 is 0 Å². The molecule has 1 aromatic rings. The van der Waals surface area contributed by atoms with Crippen LogP contribution in [0.5, 0.6) is 5.75 Å². The Labute approximate surface area is 95.3 Å². The van der Waals surface area contributed by atoms with Gasteiger partial charge < -0.3 is 10.4 Å².